The number of methoxy groups -OCH3 is 1. The van der Waals surface area contributed by atoms with Crippen molar-refractivity contribution in [3.8, 4) is 5.75 Å². The second-order valence-electron chi connectivity index (χ2n) is 4.12. The molecule has 2 rings (SSSR count). The molecule has 0 bridgehead atoms. The van der Waals surface area contributed by atoms with Gasteiger partial charge in [0, 0.05) is 0 Å². The maximum atomic E-state index is 14.3. The molecule has 0 radical (unpaired) electrons. The molecular weight excluding hydrogens is 416 g/mol. The SMILES string of the molecule is COc1c(Cl)ccc(C2=NC(C(=O)O)C(I)C(N)=N2)c1F. The Hall–Kier alpha value is -1.42. The fourth-order valence-corrected chi connectivity index (χ4v) is 2.61. The third kappa shape index (κ3) is 2.95. The second kappa shape index (κ2) is 6.14. The molecule has 2 atom stereocenters. The first-order valence-electron chi connectivity index (χ1n) is 5.68. The van der Waals surface area contributed by atoms with Crippen LogP contribution in [0.4, 0.5) is 4.39 Å². The molecule has 1 aromatic carbocycles. The molecule has 1 aromatic rings. The minimum Gasteiger partial charge on any atom is -0.492 e. The Kier molecular flexibility index (Phi) is 4.67. The topological polar surface area (TPSA) is 97.3 Å². The number of aliphatic carboxylic acids is 1. The lowest BCUT2D eigenvalue weighted by Crippen LogP contribution is -2.42. The van der Waals surface area contributed by atoms with E-state index < -0.39 is 21.8 Å². The van der Waals surface area contributed by atoms with Gasteiger partial charge < -0.3 is 15.6 Å². The van der Waals surface area contributed by atoms with Crippen molar-refractivity contribution in [1.29, 1.82) is 0 Å². The number of halogens is 3. The summed E-state index contributed by atoms with van der Waals surface area (Å²) in [6, 6.07) is 1.64. The molecule has 0 saturated heterocycles. The number of ether oxygens (including phenoxy) is 1. The van der Waals surface area contributed by atoms with Crippen LogP contribution in [0.15, 0.2) is 22.1 Å². The van der Waals surface area contributed by atoms with E-state index in [2.05, 4.69) is 9.98 Å². The van der Waals surface area contributed by atoms with Crippen molar-refractivity contribution in [2.45, 2.75) is 9.97 Å². The molecule has 0 spiro atoms. The molecule has 3 N–H and O–H groups in total. The van der Waals surface area contributed by atoms with E-state index in [1.807, 2.05) is 22.6 Å². The number of nitrogens with two attached hydrogens (primary N) is 1. The Morgan fingerprint density at radius 2 is 2.24 bits per heavy atom. The van der Waals surface area contributed by atoms with Gasteiger partial charge in [0.25, 0.3) is 0 Å². The fraction of sp³-hybridized carbons (Fsp3) is 0.250. The number of carboxylic acids is 1. The van der Waals surface area contributed by atoms with Crippen LogP contribution in [0.5, 0.6) is 5.75 Å². The Morgan fingerprint density at radius 3 is 2.81 bits per heavy atom. The van der Waals surface area contributed by atoms with Gasteiger partial charge in [-0.25, -0.2) is 19.2 Å². The van der Waals surface area contributed by atoms with Crippen molar-refractivity contribution < 1.29 is 19.0 Å². The molecule has 0 aromatic heterocycles. The van der Waals surface area contributed by atoms with Crippen molar-refractivity contribution in [3.05, 3.63) is 28.5 Å². The lowest BCUT2D eigenvalue weighted by atomic mass is 10.1. The van der Waals surface area contributed by atoms with Crippen molar-refractivity contribution in [2.75, 3.05) is 7.11 Å². The summed E-state index contributed by atoms with van der Waals surface area (Å²) in [6.45, 7) is 0. The van der Waals surface area contributed by atoms with E-state index in [0.29, 0.717) is 0 Å². The van der Waals surface area contributed by atoms with E-state index >= 15 is 0 Å². The highest BCUT2D eigenvalue weighted by Gasteiger charge is 2.33. The number of alkyl halides is 1. The first-order chi connectivity index (χ1) is 9.86. The fourth-order valence-electron chi connectivity index (χ4n) is 1.77. The Balaban J connectivity index is 2.56. The Labute approximate surface area is 138 Å². The van der Waals surface area contributed by atoms with Crippen LogP contribution < -0.4 is 10.5 Å². The highest BCUT2D eigenvalue weighted by Crippen LogP contribution is 2.31. The molecule has 112 valence electrons. The minimum atomic E-state index is -1.16. The number of carboxylic acid groups (broad SMARTS) is 1. The number of hydrogen-bond acceptors (Lipinski definition) is 5. The molecule has 21 heavy (non-hydrogen) atoms. The molecule has 1 aliphatic rings. The van der Waals surface area contributed by atoms with Crippen LogP contribution in [-0.4, -0.2) is 39.8 Å². The average molecular weight is 426 g/mol. The van der Waals surface area contributed by atoms with Gasteiger partial charge in [0.2, 0.25) is 0 Å². The molecule has 0 fully saturated rings. The second-order valence-corrected chi connectivity index (χ2v) is 5.87. The van der Waals surface area contributed by atoms with E-state index in [-0.39, 0.29) is 28.0 Å². The van der Waals surface area contributed by atoms with E-state index in [4.69, 9.17) is 27.2 Å². The van der Waals surface area contributed by atoms with Crippen molar-refractivity contribution >= 4 is 51.8 Å². The molecule has 0 aliphatic carbocycles. The highest BCUT2D eigenvalue weighted by molar-refractivity contribution is 14.1. The summed E-state index contributed by atoms with van der Waals surface area (Å²) in [6.07, 6.45) is 0. The van der Waals surface area contributed by atoms with E-state index in [1.54, 1.807) is 0 Å². The van der Waals surface area contributed by atoms with Gasteiger partial charge in [-0.15, -0.1) is 0 Å². The predicted molar refractivity (Wildman–Crippen MR) is 85.4 cm³/mol. The molecule has 2 unspecified atom stereocenters. The first-order valence-corrected chi connectivity index (χ1v) is 7.30. The van der Waals surface area contributed by atoms with Gasteiger partial charge in [0.05, 0.1) is 17.7 Å². The van der Waals surface area contributed by atoms with Gasteiger partial charge >= 0.3 is 5.97 Å². The Bertz CT molecular complexity index is 665. The predicted octanol–water partition coefficient (Wildman–Crippen LogP) is 1.86. The van der Waals surface area contributed by atoms with Gasteiger partial charge in [-0.05, 0) is 12.1 Å². The number of hydrogen-bond donors (Lipinski definition) is 2. The minimum absolute atomic E-state index is 0.0197. The summed E-state index contributed by atoms with van der Waals surface area (Å²) in [7, 11) is 1.27. The number of nitrogens with zero attached hydrogens (tertiary/aromatic N) is 2. The smallest absolute Gasteiger partial charge is 0.330 e. The van der Waals surface area contributed by atoms with Gasteiger partial charge in [0.15, 0.2) is 23.4 Å². The summed E-state index contributed by atoms with van der Waals surface area (Å²) >= 11 is 7.65. The van der Waals surface area contributed by atoms with E-state index in [0.717, 1.165) is 0 Å². The number of benzene rings is 1. The monoisotopic (exact) mass is 425 g/mol. The molecule has 1 aliphatic heterocycles. The van der Waals surface area contributed by atoms with Gasteiger partial charge in [0.1, 0.15) is 9.76 Å². The van der Waals surface area contributed by atoms with E-state index in [1.165, 1.54) is 19.2 Å². The lowest BCUT2D eigenvalue weighted by molar-refractivity contribution is -0.138. The van der Waals surface area contributed by atoms with Gasteiger partial charge in [-0.2, -0.15) is 0 Å². The normalized spacial score (nSPS) is 21.5. The van der Waals surface area contributed by atoms with Crippen LogP contribution in [0, 0.1) is 5.82 Å². The van der Waals surface area contributed by atoms with Gasteiger partial charge in [-0.3, -0.25) is 0 Å². The van der Waals surface area contributed by atoms with Crippen LogP contribution >= 0.6 is 34.2 Å². The van der Waals surface area contributed by atoms with Crippen LogP contribution in [-0.2, 0) is 4.79 Å². The zero-order valence-electron chi connectivity index (χ0n) is 10.7. The van der Waals surface area contributed by atoms with Crippen molar-refractivity contribution in [2.24, 2.45) is 15.7 Å². The molecule has 0 amide bonds. The van der Waals surface area contributed by atoms with Crippen LogP contribution in [0.1, 0.15) is 5.56 Å². The molecule has 9 heteroatoms. The van der Waals surface area contributed by atoms with Crippen LogP contribution in [0.25, 0.3) is 0 Å². The molecule has 6 nitrogen and oxygen atoms in total. The maximum Gasteiger partial charge on any atom is 0.330 e. The number of rotatable bonds is 3. The van der Waals surface area contributed by atoms with Crippen molar-refractivity contribution in [1.82, 2.24) is 0 Å². The third-order valence-electron chi connectivity index (χ3n) is 2.80. The van der Waals surface area contributed by atoms with E-state index in [9.17, 15) is 9.18 Å². The maximum absolute atomic E-state index is 14.3. The third-order valence-corrected chi connectivity index (χ3v) is 4.42. The summed E-state index contributed by atoms with van der Waals surface area (Å²) in [5.41, 5.74) is 5.68. The first kappa shape index (κ1) is 16.0. The van der Waals surface area contributed by atoms with Crippen LogP contribution in [0.2, 0.25) is 5.02 Å². The quantitative estimate of drug-likeness (QED) is 0.571. The highest BCUT2D eigenvalue weighted by atomic mass is 127. The summed E-state index contributed by atoms with van der Waals surface area (Å²) in [5, 5.41) is 9.23. The standard InChI is InChI=1S/C12H10ClFIN3O3/c1-21-9-5(13)3-2-4(6(9)14)11-17-8(12(19)20)7(15)10(16)18-11/h2-3,7-8H,1H3,(H,19,20)(H2,16,17,18). The zero-order valence-corrected chi connectivity index (χ0v) is 13.6. The summed E-state index contributed by atoms with van der Waals surface area (Å²) in [4.78, 5) is 19.1. The van der Waals surface area contributed by atoms with Crippen LogP contribution in [0.3, 0.4) is 0 Å². The summed E-state index contributed by atoms with van der Waals surface area (Å²) < 4.78 is 18.6. The molecular formula is C12H10ClFIN3O3. The molecule has 0 saturated carbocycles. The largest absolute Gasteiger partial charge is 0.492 e. The average Bonchev–Trinajstić information content (AvgIpc) is 2.42. The van der Waals surface area contributed by atoms with Crippen molar-refractivity contribution in [3.63, 3.8) is 0 Å². The Morgan fingerprint density at radius 1 is 1.57 bits per heavy atom. The number of amidine groups is 2. The number of carbonyl (C=O) groups is 1. The number of aliphatic imine (C=N–C) groups is 2. The molecule has 1 heterocycles. The zero-order chi connectivity index (χ0) is 15.7. The summed E-state index contributed by atoms with van der Waals surface area (Å²) in [5.74, 6) is -2.11. The van der Waals surface area contributed by atoms with Gasteiger partial charge in [-0.1, -0.05) is 34.2 Å². The lowest BCUT2D eigenvalue weighted by Gasteiger charge is -2.21.